The van der Waals surface area contributed by atoms with E-state index >= 15 is 0 Å². The minimum atomic E-state index is -4.28. The molecular formula is C24H36BrF3N2O4SSi. The normalized spacial score (nSPS) is 27.6. The monoisotopic (exact) mass is 612 g/mol. The number of methoxy groups -OCH3 is 1. The van der Waals surface area contributed by atoms with Crippen LogP contribution in [0.15, 0.2) is 21.5 Å². The summed E-state index contributed by atoms with van der Waals surface area (Å²) in [5.74, 6) is 1.05. The Morgan fingerprint density at radius 1 is 1.19 bits per heavy atom. The zero-order chi connectivity index (χ0) is 26.5. The number of sulfonamides is 1. The van der Waals surface area contributed by atoms with E-state index in [-0.39, 0.29) is 30.0 Å². The molecule has 1 aromatic carbocycles. The number of anilines is 1. The first kappa shape index (κ1) is 28.2. The van der Waals surface area contributed by atoms with Gasteiger partial charge in [-0.15, -0.1) is 0 Å². The first-order valence-electron chi connectivity index (χ1n) is 12.5. The molecule has 0 aromatic heterocycles. The van der Waals surface area contributed by atoms with Gasteiger partial charge in [0.2, 0.25) is 10.0 Å². The first-order valence-corrected chi connectivity index (χ1v) is 18.4. The van der Waals surface area contributed by atoms with Crippen LogP contribution < -0.4 is 9.64 Å². The van der Waals surface area contributed by atoms with Gasteiger partial charge in [-0.05, 0) is 66.1 Å². The SMILES string of the molecule is COc1cc2c(cc1Br)N(C13CC(C1)C3)C[C@@H](CCCC(F)(F)F)N(COCC[Si](C)(C)C)S2(=O)=O. The van der Waals surface area contributed by atoms with Crippen LogP contribution in [0.3, 0.4) is 0 Å². The van der Waals surface area contributed by atoms with Crippen LogP contribution in [0.1, 0.15) is 38.5 Å². The predicted molar refractivity (Wildman–Crippen MR) is 140 cm³/mol. The van der Waals surface area contributed by atoms with Crippen LogP contribution in [0.5, 0.6) is 5.75 Å². The summed E-state index contributed by atoms with van der Waals surface area (Å²) in [5.41, 5.74) is 0.464. The van der Waals surface area contributed by atoms with Crippen molar-refractivity contribution in [3.8, 4) is 5.75 Å². The van der Waals surface area contributed by atoms with Gasteiger partial charge in [-0.25, -0.2) is 8.42 Å². The smallest absolute Gasteiger partial charge is 0.389 e. The Labute approximate surface area is 221 Å². The third kappa shape index (κ3) is 5.77. The third-order valence-electron chi connectivity index (χ3n) is 7.70. The van der Waals surface area contributed by atoms with E-state index in [0.717, 1.165) is 25.3 Å². The summed E-state index contributed by atoms with van der Waals surface area (Å²) < 4.78 is 80.4. The number of hydrogen-bond acceptors (Lipinski definition) is 5. The summed E-state index contributed by atoms with van der Waals surface area (Å²) in [5, 5.41) is 0. The van der Waals surface area contributed by atoms with Crippen LogP contribution >= 0.6 is 15.9 Å². The summed E-state index contributed by atoms with van der Waals surface area (Å²) in [7, 11) is -3.99. The molecule has 1 aliphatic heterocycles. The van der Waals surface area contributed by atoms with Gasteiger partial charge < -0.3 is 14.4 Å². The number of rotatable bonds is 10. The van der Waals surface area contributed by atoms with Crippen molar-refractivity contribution in [2.24, 2.45) is 5.92 Å². The summed E-state index contributed by atoms with van der Waals surface area (Å²) >= 11 is 3.50. The van der Waals surface area contributed by atoms with Gasteiger partial charge in [0.25, 0.3) is 0 Å². The lowest BCUT2D eigenvalue weighted by Gasteiger charge is -2.67. The number of fused-ring (bicyclic) bond motifs is 1. The van der Waals surface area contributed by atoms with Crippen LogP contribution in [0.25, 0.3) is 0 Å². The molecule has 1 heterocycles. The average Bonchev–Trinajstić information content (AvgIpc) is 2.75. The first-order chi connectivity index (χ1) is 16.7. The molecular weight excluding hydrogens is 577 g/mol. The number of ether oxygens (including phenoxy) is 2. The highest BCUT2D eigenvalue weighted by Crippen LogP contribution is 2.62. The Hall–Kier alpha value is -0.823. The molecule has 1 aromatic rings. The molecule has 0 spiro atoms. The van der Waals surface area contributed by atoms with Crippen molar-refractivity contribution >= 4 is 39.7 Å². The third-order valence-corrected chi connectivity index (χ3v) is 11.9. The van der Waals surface area contributed by atoms with Crippen LogP contribution in [-0.2, 0) is 14.8 Å². The maximum Gasteiger partial charge on any atom is 0.389 e. The molecule has 0 radical (unpaired) electrons. The quantitative estimate of drug-likeness (QED) is 0.231. The Morgan fingerprint density at radius 3 is 2.39 bits per heavy atom. The molecule has 5 rings (SSSR count). The minimum Gasteiger partial charge on any atom is -0.496 e. The second kappa shape index (κ2) is 10.1. The van der Waals surface area contributed by atoms with E-state index < -0.39 is 36.7 Å². The molecule has 4 aliphatic rings. The van der Waals surface area contributed by atoms with E-state index in [2.05, 4.69) is 40.5 Å². The molecule has 204 valence electrons. The second-order valence-electron chi connectivity index (χ2n) is 11.7. The largest absolute Gasteiger partial charge is 0.496 e. The lowest BCUT2D eigenvalue weighted by atomic mass is 9.49. The van der Waals surface area contributed by atoms with Crippen molar-refractivity contribution in [2.45, 2.75) is 86.9 Å². The Morgan fingerprint density at radius 2 is 1.86 bits per heavy atom. The Kier molecular flexibility index (Phi) is 7.87. The minimum absolute atomic E-state index is 0.110. The van der Waals surface area contributed by atoms with Crippen molar-refractivity contribution in [1.82, 2.24) is 4.31 Å². The summed E-state index contributed by atoms with van der Waals surface area (Å²) in [4.78, 5) is 2.28. The van der Waals surface area contributed by atoms with E-state index in [9.17, 15) is 21.6 Å². The average molecular weight is 614 g/mol. The van der Waals surface area contributed by atoms with E-state index in [1.807, 2.05) is 0 Å². The zero-order valence-electron chi connectivity index (χ0n) is 21.3. The van der Waals surface area contributed by atoms with Gasteiger partial charge in [0.15, 0.2) is 0 Å². The molecule has 1 atom stereocenters. The van der Waals surface area contributed by atoms with Crippen molar-refractivity contribution in [2.75, 3.05) is 31.9 Å². The number of alkyl halides is 3. The van der Waals surface area contributed by atoms with Crippen molar-refractivity contribution < 1.29 is 31.1 Å². The van der Waals surface area contributed by atoms with Crippen molar-refractivity contribution in [3.05, 3.63) is 16.6 Å². The molecule has 36 heavy (non-hydrogen) atoms. The fourth-order valence-corrected chi connectivity index (χ4v) is 8.48. The van der Waals surface area contributed by atoms with Gasteiger partial charge in [-0.1, -0.05) is 19.6 Å². The molecule has 0 N–H and O–H groups in total. The van der Waals surface area contributed by atoms with Crippen molar-refractivity contribution in [1.29, 1.82) is 0 Å². The molecule has 0 amide bonds. The molecule has 12 heteroatoms. The van der Waals surface area contributed by atoms with Gasteiger partial charge in [0, 0.05) is 45.3 Å². The number of benzene rings is 1. The van der Waals surface area contributed by atoms with Gasteiger partial charge in [0.05, 0.1) is 17.3 Å². The van der Waals surface area contributed by atoms with Crippen molar-refractivity contribution in [3.63, 3.8) is 0 Å². The van der Waals surface area contributed by atoms with Crippen LogP contribution in [-0.4, -0.2) is 65.5 Å². The molecule has 3 fully saturated rings. The maximum atomic E-state index is 14.1. The van der Waals surface area contributed by atoms with E-state index in [1.54, 1.807) is 6.07 Å². The zero-order valence-corrected chi connectivity index (χ0v) is 24.7. The lowest BCUT2D eigenvalue weighted by molar-refractivity contribution is -0.136. The molecule has 0 saturated heterocycles. The van der Waals surface area contributed by atoms with Crippen LogP contribution in [0, 0.1) is 5.92 Å². The highest BCUT2D eigenvalue weighted by molar-refractivity contribution is 9.10. The summed E-state index contributed by atoms with van der Waals surface area (Å²) in [6.45, 7) is 7.21. The van der Waals surface area contributed by atoms with Gasteiger partial charge in [0.1, 0.15) is 17.4 Å². The summed E-state index contributed by atoms with van der Waals surface area (Å²) in [6.07, 6.45) is -2.29. The van der Waals surface area contributed by atoms with Gasteiger partial charge in [-0.3, -0.25) is 0 Å². The molecule has 3 saturated carbocycles. The van der Waals surface area contributed by atoms with E-state index in [1.165, 1.54) is 17.5 Å². The highest BCUT2D eigenvalue weighted by Gasteiger charge is 2.61. The summed E-state index contributed by atoms with van der Waals surface area (Å²) in [6, 6.07) is 3.55. The highest BCUT2D eigenvalue weighted by atomic mass is 79.9. The molecule has 6 nitrogen and oxygen atoms in total. The number of nitrogens with zero attached hydrogens (tertiary/aromatic N) is 2. The predicted octanol–water partition coefficient (Wildman–Crippen LogP) is 6.23. The van der Waals surface area contributed by atoms with Gasteiger partial charge >= 0.3 is 6.18 Å². The fraction of sp³-hybridized carbons (Fsp3) is 0.750. The number of halogens is 4. The fourth-order valence-electron chi connectivity index (χ4n) is 5.51. The van der Waals surface area contributed by atoms with Crippen LogP contribution in [0.4, 0.5) is 18.9 Å². The topological polar surface area (TPSA) is 59.1 Å². The second-order valence-corrected chi connectivity index (χ2v) is 20.0. The van der Waals surface area contributed by atoms with Crippen LogP contribution in [0.2, 0.25) is 25.7 Å². The number of hydrogen-bond donors (Lipinski definition) is 0. The Bertz CT molecular complexity index is 1060. The van der Waals surface area contributed by atoms with Gasteiger partial charge in [-0.2, -0.15) is 17.5 Å². The molecule has 3 aliphatic carbocycles. The Balaban J connectivity index is 1.71. The van der Waals surface area contributed by atoms with E-state index in [4.69, 9.17) is 9.47 Å². The maximum absolute atomic E-state index is 14.1. The lowest BCUT2D eigenvalue weighted by Crippen LogP contribution is -2.69. The standard InChI is InChI=1S/C24H36BrF3N2O4SSi/c1-33-21-11-22-20(10-19(21)25)29(23-12-17(13-23)14-23)15-18(6-5-7-24(26,27)28)30(35(22,31)32)16-34-8-9-36(2,3)4/h10-11,17-18H,5-9,12-16H2,1-4H3/t17?,18-,23?/m1/s1. The molecule has 2 bridgehead atoms. The molecule has 0 unspecified atom stereocenters. The van der Waals surface area contributed by atoms with E-state index in [0.29, 0.717) is 35.0 Å².